The molecule has 3 heterocycles. The van der Waals surface area contributed by atoms with E-state index in [4.69, 9.17) is 5.10 Å². The van der Waals surface area contributed by atoms with Crippen LogP contribution in [0.25, 0.3) is 0 Å². The molecule has 1 atom stereocenters. The summed E-state index contributed by atoms with van der Waals surface area (Å²) in [6.45, 7) is 4.04. The normalized spacial score (nSPS) is 15.6. The number of hydrogen-bond donors (Lipinski definition) is 1. The van der Waals surface area contributed by atoms with Gasteiger partial charge in [0.1, 0.15) is 0 Å². The summed E-state index contributed by atoms with van der Waals surface area (Å²) in [5.74, 6) is 0.974. The summed E-state index contributed by atoms with van der Waals surface area (Å²) < 4.78 is 4.29. The molecule has 0 aromatic carbocycles. The van der Waals surface area contributed by atoms with Crippen molar-refractivity contribution in [3.8, 4) is 0 Å². The summed E-state index contributed by atoms with van der Waals surface area (Å²) in [4.78, 5) is 6.47. The van der Waals surface area contributed by atoms with Crippen LogP contribution in [0.2, 0.25) is 0 Å². The average molecular weight is 302 g/mol. The molecular formula is C16H26N6. The maximum absolute atomic E-state index is 4.74. The Labute approximate surface area is 132 Å². The molecule has 0 spiro atoms. The number of hydrogen-bond acceptors (Lipinski definition) is 4. The number of anilines is 1. The molecule has 0 saturated carbocycles. The van der Waals surface area contributed by atoms with Crippen LogP contribution in [-0.2, 0) is 26.6 Å². The van der Waals surface area contributed by atoms with Crippen LogP contribution in [0.15, 0.2) is 12.3 Å². The van der Waals surface area contributed by atoms with Gasteiger partial charge in [-0.25, -0.2) is 4.98 Å². The van der Waals surface area contributed by atoms with Gasteiger partial charge in [0.25, 0.3) is 0 Å². The zero-order valence-corrected chi connectivity index (χ0v) is 14.0. The molecule has 2 aromatic rings. The van der Waals surface area contributed by atoms with Crippen molar-refractivity contribution in [2.24, 2.45) is 7.05 Å². The fraction of sp³-hybridized carbons (Fsp3) is 0.625. The van der Waals surface area contributed by atoms with Crippen molar-refractivity contribution in [3.05, 3.63) is 29.3 Å². The SMILES string of the molecule is CC(NCc1cnc(N(C)C)n1C)c1cc2n(n1)CCCC2. The Morgan fingerprint density at radius 1 is 1.36 bits per heavy atom. The molecule has 0 amide bonds. The lowest BCUT2D eigenvalue weighted by atomic mass is 10.1. The van der Waals surface area contributed by atoms with Crippen molar-refractivity contribution in [2.45, 2.75) is 45.3 Å². The van der Waals surface area contributed by atoms with E-state index in [2.05, 4.69) is 39.6 Å². The Kier molecular flexibility index (Phi) is 4.20. The van der Waals surface area contributed by atoms with E-state index in [1.165, 1.54) is 24.2 Å². The highest BCUT2D eigenvalue weighted by Gasteiger charge is 2.16. The molecule has 1 N–H and O–H groups in total. The van der Waals surface area contributed by atoms with Crippen molar-refractivity contribution in [3.63, 3.8) is 0 Å². The first-order chi connectivity index (χ1) is 10.6. The van der Waals surface area contributed by atoms with Gasteiger partial charge in [0, 0.05) is 46.0 Å². The maximum atomic E-state index is 4.74. The van der Waals surface area contributed by atoms with E-state index in [1.54, 1.807) is 0 Å². The number of aryl methyl sites for hydroxylation is 2. The Morgan fingerprint density at radius 2 is 2.18 bits per heavy atom. The van der Waals surface area contributed by atoms with E-state index in [1.807, 2.05) is 25.2 Å². The second-order valence-electron chi connectivity index (χ2n) is 6.35. The number of fused-ring (bicyclic) bond motifs is 1. The second kappa shape index (κ2) is 6.12. The lowest BCUT2D eigenvalue weighted by molar-refractivity contribution is 0.473. The molecule has 1 aliphatic rings. The smallest absolute Gasteiger partial charge is 0.204 e. The molecule has 0 aliphatic carbocycles. The van der Waals surface area contributed by atoms with Crippen molar-refractivity contribution in [1.82, 2.24) is 24.6 Å². The fourth-order valence-electron chi connectivity index (χ4n) is 3.03. The van der Waals surface area contributed by atoms with Crippen LogP contribution in [0, 0.1) is 0 Å². The molecule has 0 radical (unpaired) electrons. The van der Waals surface area contributed by atoms with Gasteiger partial charge in [0.15, 0.2) is 0 Å². The molecule has 22 heavy (non-hydrogen) atoms. The summed E-state index contributed by atoms with van der Waals surface area (Å²) >= 11 is 0. The van der Waals surface area contributed by atoms with Gasteiger partial charge in [0.2, 0.25) is 5.95 Å². The van der Waals surface area contributed by atoms with Gasteiger partial charge < -0.3 is 14.8 Å². The number of rotatable bonds is 5. The summed E-state index contributed by atoms with van der Waals surface area (Å²) in [6.07, 6.45) is 5.63. The molecule has 0 bridgehead atoms. The quantitative estimate of drug-likeness (QED) is 0.916. The van der Waals surface area contributed by atoms with Crippen molar-refractivity contribution >= 4 is 5.95 Å². The Hall–Kier alpha value is -1.82. The van der Waals surface area contributed by atoms with Gasteiger partial charge >= 0.3 is 0 Å². The second-order valence-corrected chi connectivity index (χ2v) is 6.35. The maximum Gasteiger partial charge on any atom is 0.204 e. The predicted octanol–water partition coefficient (Wildman–Crippen LogP) is 1.87. The molecule has 2 aromatic heterocycles. The summed E-state index contributed by atoms with van der Waals surface area (Å²) in [5, 5.41) is 8.30. The lowest BCUT2D eigenvalue weighted by Gasteiger charge is -2.14. The van der Waals surface area contributed by atoms with Crippen LogP contribution in [0.3, 0.4) is 0 Å². The Morgan fingerprint density at radius 3 is 2.86 bits per heavy atom. The van der Waals surface area contributed by atoms with Crippen molar-refractivity contribution in [1.29, 1.82) is 0 Å². The topological polar surface area (TPSA) is 50.9 Å². The lowest BCUT2D eigenvalue weighted by Crippen LogP contribution is -2.21. The number of aromatic nitrogens is 4. The largest absolute Gasteiger partial charge is 0.348 e. The molecular weight excluding hydrogens is 276 g/mol. The minimum Gasteiger partial charge on any atom is -0.348 e. The minimum atomic E-state index is 0.246. The van der Waals surface area contributed by atoms with E-state index in [0.717, 1.165) is 31.2 Å². The zero-order chi connectivity index (χ0) is 15.7. The van der Waals surface area contributed by atoms with E-state index in [-0.39, 0.29) is 6.04 Å². The van der Waals surface area contributed by atoms with Gasteiger partial charge in [-0.15, -0.1) is 0 Å². The zero-order valence-electron chi connectivity index (χ0n) is 14.0. The van der Waals surface area contributed by atoms with E-state index in [9.17, 15) is 0 Å². The summed E-state index contributed by atoms with van der Waals surface area (Å²) in [5.41, 5.74) is 3.71. The standard InChI is InChI=1S/C16H26N6/c1-12(15-9-13-7-5-6-8-22(13)19-15)17-10-14-11-18-16(20(2)3)21(14)4/h9,11-12,17H,5-8,10H2,1-4H3. The third-order valence-electron chi connectivity index (χ3n) is 4.43. The third kappa shape index (κ3) is 2.88. The van der Waals surface area contributed by atoms with Gasteiger partial charge in [-0.05, 0) is 32.3 Å². The molecule has 3 rings (SSSR count). The van der Waals surface area contributed by atoms with E-state index in [0.29, 0.717) is 0 Å². The van der Waals surface area contributed by atoms with Gasteiger partial charge in [-0.2, -0.15) is 5.10 Å². The highest BCUT2D eigenvalue weighted by Crippen LogP contribution is 2.20. The Balaban J connectivity index is 1.65. The number of nitrogens with one attached hydrogen (secondary N) is 1. The first kappa shape index (κ1) is 15.1. The third-order valence-corrected chi connectivity index (χ3v) is 4.43. The van der Waals surface area contributed by atoms with Crippen LogP contribution in [0.4, 0.5) is 5.95 Å². The van der Waals surface area contributed by atoms with Crippen molar-refractivity contribution < 1.29 is 0 Å². The van der Waals surface area contributed by atoms with Crippen LogP contribution < -0.4 is 10.2 Å². The molecule has 0 fully saturated rings. The van der Waals surface area contributed by atoms with Crippen LogP contribution in [0.5, 0.6) is 0 Å². The first-order valence-corrected chi connectivity index (χ1v) is 8.04. The van der Waals surface area contributed by atoms with Gasteiger partial charge in [0.05, 0.1) is 17.6 Å². The first-order valence-electron chi connectivity index (χ1n) is 8.04. The molecule has 0 saturated heterocycles. The summed E-state index contributed by atoms with van der Waals surface area (Å²) in [7, 11) is 6.08. The monoisotopic (exact) mass is 302 g/mol. The predicted molar refractivity (Wildman–Crippen MR) is 88.0 cm³/mol. The number of imidazole rings is 1. The number of nitrogens with zero attached hydrogens (tertiary/aromatic N) is 5. The van der Waals surface area contributed by atoms with E-state index >= 15 is 0 Å². The van der Waals surface area contributed by atoms with Crippen LogP contribution in [-0.4, -0.2) is 33.4 Å². The van der Waals surface area contributed by atoms with Crippen LogP contribution >= 0.6 is 0 Å². The minimum absolute atomic E-state index is 0.246. The molecule has 120 valence electrons. The van der Waals surface area contributed by atoms with Crippen LogP contribution in [0.1, 0.15) is 42.9 Å². The molecule has 6 heteroatoms. The Bertz CT molecular complexity index is 616. The van der Waals surface area contributed by atoms with Crippen molar-refractivity contribution in [2.75, 3.05) is 19.0 Å². The van der Waals surface area contributed by atoms with Gasteiger partial charge in [-0.3, -0.25) is 4.68 Å². The molecule has 6 nitrogen and oxygen atoms in total. The average Bonchev–Trinajstić information content (AvgIpc) is 3.08. The van der Waals surface area contributed by atoms with Gasteiger partial charge in [-0.1, -0.05) is 0 Å². The summed E-state index contributed by atoms with van der Waals surface area (Å²) in [6, 6.07) is 2.50. The highest BCUT2D eigenvalue weighted by molar-refractivity contribution is 5.31. The highest BCUT2D eigenvalue weighted by atomic mass is 15.3. The fourth-order valence-corrected chi connectivity index (χ4v) is 3.03. The van der Waals surface area contributed by atoms with E-state index < -0.39 is 0 Å². The molecule has 1 aliphatic heterocycles. The molecule has 1 unspecified atom stereocenters.